The number of piperidine rings is 1. The Labute approximate surface area is 172 Å². The number of carbonyl (C=O) groups excluding carboxylic acids is 1. The first-order valence-corrected chi connectivity index (χ1v) is 11.7. The van der Waals surface area contributed by atoms with Crippen LogP contribution in [0.2, 0.25) is 5.02 Å². The van der Waals surface area contributed by atoms with Crippen molar-refractivity contribution in [3.05, 3.63) is 29.3 Å². The van der Waals surface area contributed by atoms with Gasteiger partial charge in [-0.25, -0.2) is 8.42 Å². The number of hydrogen-bond donors (Lipinski definition) is 1. The standard InChI is InChI=1S/C20H28ClN3O3S/c1-22-18(25)20-7-6-19(17(20)13-23(2)14-20)8-10-24(11-9-19)28(26,27)16-5-3-4-15(21)12-16/h3-5,12,17H,6-11,13-14H2,1-2H3,(H,22,25)/t17-,20+/m0/s1. The van der Waals surface area contributed by atoms with Gasteiger partial charge in [0.05, 0.1) is 10.3 Å². The van der Waals surface area contributed by atoms with Crippen LogP contribution < -0.4 is 5.32 Å². The largest absolute Gasteiger partial charge is 0.359 e. The third-order valence-corrected chi connectivity index (χ3v) is 9.48. The van der Waals surface area contributed by atoms with Crippen LogP contribution in [0.25, 0.3) is 0 Å². The molecule has 1 amide bonds. The second-order valence-electron chi connectivity index (χ2n) is 8.71. The zero-order chi connectivity index (χ0) is 20.2. The van der Waals surface area contributed by atoms with Crippen LogP contribution >= 0.6 is 11.6 Å². The average molecular weight is 426 g/mol. The van der Waals surface area contributed by atoms with Crippen molar-refractivity contribution in [2.45, 2.75) is 30.6 Å². The Morgan fingerprint density at radius 2 is 1.93 bits per heavy atom. The summed E-state index contributed by atoms with van der Waals surface area (Å²) in [7, 11) is 0.258. The number of likely N-dealkylation sites (tertiary alicyclic amines) is 1. The van der Waals surface area contributed by atoms with Crippen molar-refractivity contribution < 1.29 is 13.2 Å². The molecule has 1 N–H and O–H groups in total. The minimum absolute atomic E-state index is 0.0532. The van der Waals surface area contributed by atoms with Gasteiger partial charge in [-0.15, -0.1) is 0 Å². The second kappa shape index (κ2) is 6.97. The van der Waals surface area contributed by atoms with Crippen molar-refractivity contribution in [1.29, 1.82) is 0 Å². The number of hydrogen-bond acceptors (Lipinski definition) is 4. The van der Waals surface area contributed by atoms with Gasteiger partial charge < -0.3 is 10.2 Å². The number of sulfonamides is 1. The third kappa shape index (κ3) is 2.98. The summed E-state index contributed by atoms with van der Waals surface area (Å²) in [5, 5.41) is 3.31. The van der Waals surface area contributed by atoms with E-state index in [2.05, 4.69) is 17.3 Å². The Hall–Kier alpha value is -1.15. The highest BCUT2D eigenvalue weighted by Gasteiger charge is 2.63. The number of nitrogens with one attached hydrogen (secondary N) is 1. The molecule has 2 atom stereocenters. The first-order valence-electron chi connectivity index (χ1n) is 9.90. The van der Waals surface area contributed by atoms with Crippen LogP contribution in [0.1, 0.15) is 25.7 Å². The van der Waals surface area contributed by atoms with E-state index in [4.69, 9.17) is 11.6 Å². The SMILES string of the molecule is CNC(=O)[C@@]12CCC3(CCN(S(=O)(=O)c4cccc(Cl)c4)CC3)[C@@H]1CN(C)C2. The molecule has 1 aromatic carbocycles. The van der Waals surface area contributed by atoms with Crippen LogP contribution in [0, 0.1) is 16.7 Å². The third-order valence-electron chi connectivity index (χ3n) is 7.35. The molecule has 4 rings (SSSR count). The zero-order valence-corrected chi connectivity index (χ0v) is 18.0. The van der Waals surface area contributed by atoms with Crippen molar-refractivity contribution >= 4 is 27.5 Å². The molecule has 154 valence electrons. The van der Waals surface area contributed by atoms with Crippen LogP contribution in [-0.4, -0.2) is 63.8 Å². The van der Waals surface area contributed by atoms with Crippen molar-refractivity contribution in [3.8, 4) is 0 Å². The molecule has 1 aromatic rings. The Morgan fingerprint density at radius 3 is 2.57 bits per heavy atom. The predicted molar refractivity (Wildman–Crippen MR) is 109 cm³/mol. The van der Waals surface area contributed by atoms with Crippen molar-refractivity contribution in [1.82, 2.24) is 14.5 Å². The smallest absolute Gasteiger partial charge is 0.243 e. The first-order chi connectivity index (χ1) is 13.2. The highest BCUT2D eigenvalue weighted by molar-refractivity contribution is 7.89. The number of amides is 1. The topological polar surface area (TPSA) is 69.7 Å². The van der Waals surface area contributed by atoms with Gasteiger partial charge in [-0.3, -0.25) is 4.79 Å². The summed E-state index contributed by atoms with van der Waals surface area (Å²) >= 11 is 6.00. The molecular formula is C20H28ClN3O3S. The van der Waals surface area contributed by atoms with Crippen LogP contribution in [0.5, 0.6) is 0 Å². The van der Waals surface area contributed by atoms with E-state index in [-0.39, 0.29) is 21.6 Å². The van der Waals surface area contributed by atoms with E-state index in [1.54, 1.807) is 29.6 Å². The van der Waals surface area contributed by atoms with Crippen LogP contribution in [-0.2, 0) is 14.8 Å². The summed E-state index contributed by atoms with van der Waals surface area (Å²) in [5.41, 5.74) is -0.269. The molecule has 8 heteroatoms. The highest BCUT2D eigenvalue weighted by atomic mass is 35.5. The lowest BCUT2D eigenvalue weighted by Gasteiger charge is -2.44. The van der Waals surface area contributed by atoms with Gasteiger partial charge in [0.1, 0.15) is 0 Å². The molecule has 28 heavy (non-hydrogen) atoms. The molecule has 0 radical (unpaired) electrons. The molecule has 1 saturated carbocycles. The molecule has 1 aliphatic carbocycles. The first kappa shape index (κ1) is 20.1. The number of halogens is 1. The molecule has 3 aliphatic rings. The van der Waals surface area contributed by atoms with E-state index in [1.165, 1.54) is 6.07 Å². The lowest BCUT2D eigenvalue weighted by atomic mass is 9.66. The summed E-state index contributed by atoms with van der Waals surface area (Å²) in [6.07, 6.45) is 3.51. The number of nitrogens with zero attached hydrogens (tertiary/aromatic N) is 2. The van der Waals surface area contributed by atoms with Gasteiger partial charge in [-0.05, 0) is 62.3 Å². The van der Waals surface area contributed by atoms with E-state index in [0.29, 0.717) is 24.0 Å². The molecule has 0 bridgehead atoms. The maximum absolute atomic E-state index is 13.0. The van der Waals surface area contributed by atoms with E-state index >= 15 is 0 Å². The lowest BCUT2D eigenvalue weighted by Crippen LogP contribution is -2.49. The van der Waals surface area contributed by atoms with Gasteiger partial charge in [0, 0.05) is 38.2 Å². The van der Waals surface area contributed by atoms with Crippen molar-refractivity contribution in [2.75, 3.05) is 40.3 Å². The maximum atomic E-state index is 13.0. The minimum Gasteiger partial charge on any atom is -0.359 e. The second-order valence-corrected chi connectivity index (χ2v) is 11.1. The van der Waals surface area contributed by atoms with E-state index in [0.717, 1.165) is 38.8 Å². The fraction of sp³-hybridized carbons (Fsp3) is 0.650. The van der Waals surface area contributed by atoms with E-state index in [1.807, 2.05) is 0 Å². The van der Waals surface area contributed by atoms with Gasteiger partial charge in [-0.2, -0.15) is 4.31 Å². The molecule has 1 spiro atoms. The molecular weight excluding hydrogens is 398 g/mol. The molecule has 0 aromatic heterocycles. The highest BCUT2D eigenvalue weighted by Crippen LogP contribution is 2.62. The van der Waals surface area contributed by atoms with Crippen molar-refractivity contribution in [3.63, 3.8) is 0 Å². The number of rotatable bonds is 3. The summed E-state index contributed by atoms with van der Waals surface area (Å²) in [4.78, 5) is 15.3. The molecule has 3 fully saturated rings. The Kier molecular flexibility index (Phi) is 5.01. The molecule has 6 nitrogen and oxygen atoms in total. The number of benzene rings is 1. The summed E-state index contributed by atoms with van der Waals surface area (Å²) in [6.45, 7) is 2.70. The number of fused-ring (bicyclic) bond motifs is 2. The quantitative estimate of drug-likeness (QED) is 0.806. The molecule has 0 unspecified atom stereocenters. The molecule has 2 saturated heterocycles. The van der Waals surface area contributed by atoms with Crippen LogP contribution in [0.3, 0.4) is 0 Å². The minimum atomic E-state index is -3.54. The number of carbonyl (C=O) groups is 1. The van der Waals surface area contributed by atoms with E-state index < -0.39 is 10.0 Å². The van der Waals surface area contributed by atoms with Gasteiger partial charge in [0.15, 0.2) is 0 Å². The zero-order valence-electron chi connectivity index (χ0n) is 16.4. The summed E-state index contributed by atoms with van der Waals surface area (Å²) in [6, 6.07) is 6.46. The van der Waals surface area contributed by atoms with Crippen LogP contribution in [0.4, 0.5) is 0 Å². The van der Waals surface area contributed by atoms with Crippen molar-refractivity contribution in [2.24, 2.45) is 16.7 Å². The predicted octanol–water partition coefficient (Wildman–Crippen LogP) is 2.20. The Bertz CT molecular complexity index is 882. The van der Waals surface area contributed by atoms with E-state index in [9.17, 15) is 13.2 Å². The lowest BCUT2D eigenvalue weighted by molar-refractivity contribution is -0.132. The van der Waals surface area contributed by atoms with Gasteiger partial charge in [0.2, 0.25) is 15.9 Å². The van der Waals surface area contributed by atoms with Gasteiger partial charge in [-0.1, -0.05) is 17.7 Å². The monoisotopic (exact) mass is 425 g/mol. The normalized spacial score (nSPS) is 30.5. The Morgan fingerprint density at radius 1 is 1.21 bits per heavy atom. The Balaban J connectivity index is 1.55. The average Bonchev–Trinajstić information content (AvgIpc) is 3.17. The summed E-state index contributed by atoms with van der Waals surface area (Å²) in [5.74, 6) is 0.439. The summed E-state index contributed by atoms with van der Waals surface area (Å²) < 4.78 is 27.7. The van der Waals surface area contributed by atoms with Crippen LogP contribution in [0.15, 0.2) is 29.2 Å². The molecule has 2 aliphatic heterocycles. The maximum Gasteiger partial charge on any atom is 0.243 e. The van der Waals surface area contributed by atoms with Gasteiger partial charge >= 0.3 is 0 Å². The molecule has 2 heterocycles. The fourth-order valence-corrected chi connectivity index (χ4v) is 7.70. The fourth-order valence-electron chi connectivity index (χ4n) is 5.96. The van der Waals surface area contributed by atoms with Gasteiger partial charge in [0.25, 0.3) is 0 Å².